The lowest BCUT2D eigenvalue weighted by atomic mass is 9.91. The zero-order chi connectivity index (χ0) is 18.5. The predicted molar refractivity (Wildman–Crippen MR) is 92.6 cm³/mol. The van der Waals surface area contributed by atoms with E-state index in [2.05, 4.69) is 0 Å². The van der Waals surface area contributed by atoms with Gasteiger partial charge in [-0.25, -0.2) is 0 Å². The van der Waals surface area contributed by atoms with Gasteiger partial charge in [-0.3, -0.25) is 4.79 Å². The summed E-state index contributed by atoms with van der Waals surface area (Å²) < 4.78 is 0. The van der Waals surface area contributed by atoms with E-state index in [0.717, 1.165) is 0 Å². The fourth-order valence-corrected chi connectivity index (χ4v) is 3.00. The molecule has 0 unspecified atom stereocenters. The van der Waals surface area contributed by atoms with Crippen LogP contribution in [-0.2, 0) is 0 Å². The van der Waals surface area contributed by atoms with Gasteiger partial charge in [0.25, 0.3) is 0 Å². The number of aromatic hydroxyl groups is 5. The maximum Gasteiger partial charge on any atom is 0.161 e. The Morgan fingerprint density at radius 2 is 1.44 bits per heavy atom. The lowest BCUT2D eigenvalue weighted by Crippen LogP contribution is -1.92. The monoisotopic (exact) mass is 340 g/mol. The molecule has 0 aliphatic rings. The van der Waals surface area contributed by atoms with E-state index in [9.17, 15) is 30.3 Å². The van der Waals surface area contributed by atoms with Crippen LogP contribution in [0.2, 0.25) is 0 Å². The van der Waals surface area contributed by atoms with Gasteiger partial charge in [-0.2, -0.15) is 0 Å². The number of carbonyl (C=O) groups is 1. The third-order valence-corrected chi connectivity index (χ3v) is 4.34. The van der Waals surface area contributed by atoms with Crippen LogP contribution >= 0.6 is 0 Å². The molecule has 0 fully saturated rings. The van der Waals surface area contributed by atoms with Crippen molar-refractivity contribution in [2.24, 2.45) is 0 Å². The van der Waals surface area contributed by atoms with Crippen LogP contribution in [0.5, 0.6) is 28.7 Å². The SMILES string of the molecule is Cc1cc(-c2cc(C=O)c(O)c3c(C)c(O)c(O)cc23)cc(O)c1O. The molecule has 5 N–H and O–H groups in total. The maximum atomic E-state index is 11.3. The number of hydrogen-bond acceptors (Lipinski definition) is 6. The Balaban J connectivity index is 2.51. The standard InChI is InChI=1S/C19H16O6/c1-8-3-10(5-14(21)17(8)23)12-4-11(7-20)19(25)16-9(2)18(24)15(22)6-13(12)16/h3-7,21-25H,1-2H3. The zero-order valence-electron chi connectivity index (χ0n) is 13.5. The topological polar surface area (TPSA) is 118 Å². The van der Waals surface area contributed by atoms with E-state index >= 15 is 0 Å². The Morgan fingerprint density at radius 3 is 2.04 bits per heavy atom. The zero-order valence-corrected chi connectivity index (χ0v) is 13.5. The van der Waals surface area contributed by atoms with Crippen molar-refractivity contribution in [1.29, 1.82) is 0 Å². The van der Waals surface area contributed by atoms with Gasteiger partial charge in [-0.1, -0.05) is 0 Å². The molecule has 0 bridgehead atoms. The van der Waals surface area contributed by atoms with Gasteiger partial charge in [0.1, 0.15) is 5.75 Å². The number of benzene rings is 3. The summed E-state index contributed by atoms with van der Waals surface area (Å²) in [4.78, 5) is 11.3. The largest absolute Gasteiger partial charge is 0.507 e. The van der Waals surface area contributed by atoms with Crippen LogP contribution in [0.15, 0.2) is 24.3 Å². The summed E-state index contributed by atoms with van der Waals surface area (Å²) in [5.74, 6) is -1.64. The van der Waals surface area contributed by atoms with Gasteiger partial charge in [-0.15, -0.1) is 0 Å². The van der Waals surface area contributed by atoms with Crippen molar-refractivity contribution in [3.05, 3.63) is 41.0 Å². The van der Waals surface area contributed by atoms with Gasteiger partial charge in [0.2, 0.25) is 0 Å². The molecule has 6 nitrogen and oxygen atoms in total. The molecule has 3 aromatic carbocycles. The third-order valence-electron chi connectivity index (χ3n) is 4.34. The van der Waals surface area contributed by atoms with E-state index in [0.29, 0.717) is 28.4 Å². The lowest BCUT2D eigenvalue weighted by molar-refractivity contribution is 0.112. The van der Waals surface area contributed by atoms with Crippen LogP contribution in [0, 0.1) is 13.8 Å². The smallest absolute Gasteiger partial charge is 0.161 e. The molecule has 3 aromatic rings. The summed E-state index contributed by atoms with van der Waals surface area (Å²) in [6, 6.07) is 5.63. The highest BCUT2D eigenvalue weighted by molar-refractivity contribution is 6.08. The molecule has 6 heteroatoms. The molecule has 25 heavy (non-hydrogen) atoms. The van der Waals surface area contributed by atoms with Crippen LogP contribution in [0.3, 0.4) is 0 Å². The van der Waals surface area contributed by atoms with Crippen molar-refractivity contribution >= 4 is 17.1 Å². The number of carbonyl (C=O) groups excluding carboxylic acids is 1. The quantitative estimate of drug-likeness (QED) is 0.360. The van der Waals surface area contributed by atoms with Crippen molar-refractivity contribution in [2.45, 2.75) is 13.8 Å². The Bertz CT molecular complexity index is 1010. The first-order valence-electron chi connectivity index (χ1n) is 7.45. The van der Waals surface area contributed by atoms with E-state index in [1.165, 1.54) is 25.1 Å². The highest BCUT2D eigenvalue weighted by Gasteiger charge is 2.19. The van der Waals surface area contributed by atoms with Crippen molar-refractivity contribution in [2.75, 3.05) is 0 Å². The molecule has 0 aliphatic heterocycles. The Morgan fingerprint density at radius 1 is 0.800 bits per heavy atom. The van der Waals surface area contributed by atoms with Gasteiger partial charge < -0.3 is 25.5 Å². The highest BCUT2D eigenvalue weighted by Crippen LogP contribution is 2.45. The van der Waals surface area contributed by atoms with Gasteiger partial charge in [0.15, 0.2) is 29.3 Å². The van der Waals surface area contributed by atoms with Crippen molar-refractivity contribution < 1.29 is 30.3 Å². The van der Waals surface area contributed by atoms with Crippen molar-refractivity contribution in [3.8, 4) is 39.9 Å². The summed E-state index contributed by atoms with van der Waals surface area (Å²) >= 11 is 0. The van der Waals surface area contributed by atoms with Crippen LogP contribution in [0.25, 0.3) is 21.9 Å². The highest BCUT2D eigenvalue weighted by atomic mass is 16.3. The number of phenols is 5. The van der Waals surface area contributed by atoms with Gasteiger partial charge in [0.05, 0.1) is 5.56 Å². The minimum Gasteiger partial charge on any atom is -0.507 e. The second-order valence-electron chi connectivity index (χ2n) is 5.93. The normalized spacial score (nSPS) is 11.0. The summed E-state index contributed by atoms with van der Waals surface area (Å²) in [6.45, 7) is 3.12. The van der Waals surface area contributed by atoms with Crippen molar-refractivity contribution in [3.63, 3.8) is 0 Å². The molecule has 0 atom stereocenters. The molecule has 0 saturated heterocycles. The minimum atomic E-state index is -0.387. The summed E-state index contributed by atoms with van der Waals surface area (Å²) in [6.07, 6.45) is 0.481. The first kappa shape index (κ1) is 16.4. The van der Waals surface area contributed by atoms with Crippen LogP contribution < -0.4 is 0 Å². The fraction of sp³-hybridized carbons (Fsp3) is 0.105. The molecule has 0 heterocycles. The van der Waals surface area contributed by atoms with E-state index in [-0.39, 0.29) is 45.3 Å². The molecule has 0 aliphatic carbocycles. The molecule has 0 aromatic heterocycles. The second kappa shape index (κ2) is 5.59. The number of aryl methyl sites for hydroxylation is 2. The number of fused-ring (bicyclic) bond motifs is 1. The molecule has 0 saturated carbocycles. The van der Waals surface area contributed by atoms with Gasteiger partial charge in [-0.05, 0) is 60.2 Å². The molecular weight excluding hydrogens is 324 g/mol. The van der Waals surface area contributed by atoms with Crippen LogP contribution in [-0.4, -0.2) is 31.8 Å². The van der Waals surface area contributed by atoms with E-state index in [4.69, 9.17) is 0 Å². The lowest BCUT2D eigenvalue weighted by Gasteiger charge is -2.15. The van der Waals surface area contributed by atoms with E-state index < -0.39 is 0 Å². The first-order valence-corrected chi connectivity index (χ1v) is 7.45. The van der Waals surface area contributed by atoms with E-state index in [1.54, 1.807) is 13.0 Å². The Kier molecular flexibility index (Phi) is 3.68. The number of hydrogen-bond donors (Lipinski definition) is 5. The molecule has 0 amide bonds. The number of rotatable bonds is 2. The first-order chi connectivity index (χ1) is 11.8. The van der Waals surface area contributed by atoms with Gasteiger partial charge in [0, 0.05) is 10.9 Å². The van der Waals surface area contributed by atoms with E-state index in [1.807, 2.05) is 0 Å². The average molecular weight is 340 g/mol. The van der Waals surface area contributed by atoms with Gasteiger partial charge >= 0.3 is 0 Å². The number of aldehydes is 1. The molecule has 3 rings (SSSR count). The summed E-state index contributed by atoms with van der Waals surface area (Å²) in [5, 5.41) is 50.5. The third kappa shape index (κ3) is 2.39. The van der Waals surface area contributed by atoms with Crippen molar-refractivity contribution in [1.82, 2.24) is 0 Å². The number of phenolic OH excluding ortho intramolecular Hbond substituents is 5. The Hall–Kier alpha value is -3.41. The molecular formula is C19H16O6. The summed E-state index contributed by atoms with van der Waals surface area (Å²) in [7, 11) is 0. The molecule has 128 valence electrons. The minimum absolute atomic E-state index is 0.000840. The average Bonchev–Trinajstić information content (AvgIpc) is 2.57. The molecule has 0 spiro atoms. The van der Waals surface area contributed by atoms with Crippen LogP contribution in [0.4, 0.5) is 0 Å². The summed E-state index contributed by atoms with van der Waals surface area (Å²) in [5.41, 5.74) is 1.57. The maximum absolute atomic E-state index is 11.3. The Labute approximate surface area is 142 Å². The second-order valence-corrected chi connectivity index (χ2v) is 5.93. The fourth-order valence-electron chi connectivity index (χ4n) is 3.00. The predicted octanol–water partition coefficient (Wildman–Crippen LogP) is 3.46. The molecule has 0 radical (unpaired) electrons. The van der Waals surface area contributed by atoms with Crippen LogP contribution in [0.1, 0.15) is 21.5 Å².